The van der Waals surface area contributed by atoms with Crippen molar-refractivity contribution in [2.24, 2.45) is 5.41 Å². The van der Waals surface area contributed by atoms with E-state index in [0.717, 1.165) is 19.3 Å². The second-order valence-corrected chi connectivity index (χ2v) is 3.94. The Morgan fingerprint density at radius 3 is 2.75 bits per heavy atom. The minimum Gasteiger partial charge on any atom is -0.469 e. The van der Waals surface area contributed by atoms with Gasteiger partial charge in [0.05, 0.1) is 24.7 Å². The number of esters is 1. The summed E-state index contributed by atoms with van der Waals surface area (Å²) in [5.41, 5.74) is -0.363. The highest BCUT2D eigenvalue weighted by molar-refractivity contribution is 5.77. The van der Waals surface area contributed by atoms with Gasteiger partial charge in [-0.3, -0.25) is 4.79 Å². The SMILES string of the molecule is COC(=O)[C@@]1(C)C[C@H]2CC[C@@H]1O2. The summed E-state index contributed by atoms with van der Waals surface area (Å²) >= 11 is 0. The third kappa shape index (κ3) is 0.891. The molecule has 12 heavy (non-hydrogen) atoms. The van der Waals surface area contributed by atoms with E-state index < -0.39 is 0 Å². The Morgan fingerprint density at radius 2 is 2.33 bits per heavy atom. The van der Waals surface area contributed by atoms with Gasteiger partial charge in [-0.1, -0.05) is 0 Å². The molecule has 3 heteroatoms. The number of rotatable bonds is 1. The number of carbonyl (C=O) groups is 1. The van der Waals surface area contributed by atoms with Crippen LogP contribution in [-0.4, -0.2) is 25.3 Å². The van der Waals surface area contributed by atoms with Crippen molar-refractivity contribution >= 4 is 5.97 Å². The van der Waals surface area contributed by atoms with E-state index in [4.69, 9.17) is 9.47 Å². The molecule has 3 atom stereocenters. The van der Waals surface area contributed by atoms with Crippen molar-refractivity contribution in [2.75, 3.05) is 7.11 Å². The van der Waals surface area contributed by atoms with E-state index in [1.54, 1.807) is 0 Å². The smallest absolute Gasteiger partial charge is 0.314 e. The van der Waals surface area contributed by atoms with Crippen LogP contribution in [0.4, 0.5) is 0 Å². The van der Waals surface area contributed by atoms with Crippen LogP contribution < -0.4 is 0 Å². The van der Waals surface area contributed by atoms with Gasteiger partial charge in [-0.15, -0.1) is 0 Å². The Hall–Kier alpha value is -0.570. The Morgan fingerprint density at radius 1 is 1.58 bits per heavy atom. The van der Waals surface area contributed by atoms with E-state index in [2.05, 4.69) is 0 Å². The zero-order valence-electron chi connectivity index (χ0n) is 7.50. The molecule has 2 aliphatic heterocycles. The third-order valence-electron chi connectivity index (χ3n) is 3.12. The summed E-state index contributed by atoms with van der Waals surface area (Å²) in [5.74, 6) is -0.116. The second kappa shape index (κ2) is 2.46. The predicted molar refractivity (Wildman–Crippen MR) is 42.6 cm³/mol. The van der Waals surface area contributed by atoms with Gasteiger partial charge in [-0.25, -0.2) is 0 Å². The summed E-state index contributed by atoms with van der Waals surface area (Å²) < 4.78 is 10.4. The molecule has 2 saturated heterocycles. The number of hydrogen-bond acceptors (Lipinski definition) is 3. The minimum absolute atomic E-state index is 0.106. The van der Waals surface area contributed by atoms with Crippen LogP contribution in [0.3, 0.4) is 0 Å². The molecule has 0 spiro atoms. The van der Waals surface area contributed by atoms with Crippen LogP contribution in [0.2, 0.25) is 0 Å². The maximum Gasteiger partial charge on any atom is 0.314 e. The van der Waals surface area contributed by atoms with E-state index in [9.17, 15) is 4.79 Å². The van der Waals surface area contributed by atoms with E-state index in [-0.39, 0.29) is 17.5 Å². The van der Waals surface area contributed by atoms with Crippen molar-refractivity contribution in [1.82, 2.24) is 0 Å². The predicted octanol–water partition coefficient (Wildman–Crippen LogP) is 1.12. The average molecular weight is 170 g/mol. The molecule has 0 radical (unpaired) electrons. The zero-order chi connectivity index (χ0) is 8.77. The molecule has 68 valence electrons. The standard InChI is InChI=1S/C9H14O3/c1-9(8(10)11-2)5-6-3-4-7(9)12-6/h6-7H,3-5H2,1-2H3/t6-,7+,9+/m1/s1. The molecule has 0 N–H and O–H groups in total. The van der Waals surface area contributed by atoms with Crippen LogP contribution in [0.15, 0.2) is 0 Å². The van der Waals surface area contributed by atoms with E-state index in [0.29, 0.717) is 6.10 Å². The monoisotopic (exact) mass is 170 g/mol. The maximum atomic E-state index is 11.4. The Balaban J connectivity index is 2.17. The first-order valence-electron chi connectivity index (χ1n) is 4.40. The molecule has 0 aromatic rings. The van der Waals surface area contributed by atoms with Gasteiger partial charge in [-0.05, 0) is 26.2 Å². The summed E-state index contributed by atoms with van der Waals surface area (Å²) in [6, 6.07) is 0. The Bertz CT molecular complexity index is 214. The van der Waals surface area contributed by atoms with Gasteiger partial charge in [0.25, 0.3) is 0 Å². The summed E-state index contributed by atoms with van der Waals surface area (Å²) in [6.07, 6.45) is 3.37. The van der Waals surface area contributed by atoms with E-state index in [1.807, 2.05) is 6.92 Å². The largest absolute Gasteiger partial charge is 0.469 e. The molecule has 2 aliphatic rings. The van der Waals surface area contributed by atoms with Crippen molar-refractivity contribution in [3.05, 3.63) is 0 Å². The van der Waals surface area contributed by atoms with Crippen molar-refractivity contribution in [3.8, 4) is 0 Å². The second-order valence-electron chi connectivity index (χ2n) is 3.94. The lowest BCUT2D eigenvalue weighted by Gasteiger charge is -2.27. The van der Waals surface area contributed by atoms with E-state index >= 15 is 0 Å². The topological polar surface area (TPSA) is 35.5 Å². The lowest BCUT2D eigenvalue weighted by atomic mass is 9.76. The summed E-state index contributed by atoms with van der Waals surface area (Å²) in [7, 11) is 1.44. The molecule has 0 aromatic heterocycles. The van der Waals surface area contributed by atoms with Gasteiger partial charge in [-0.2, -0.15) is 0 Å². The number of hydrogen-bond donors (Lipinski definition) is 0. The number of methoxy groups -OCH3 is 1. The number of ether oxygens (including phenoxy) is 2. The minimum atomic E-state index is -0.363. The van der Waals surface area contributed by atoms with Crippen molar-refractivity contribution in [1.29, 1.82) is 0 Å². The Labute approximate surface area is 72.0 Å². The van der Waals surface area contributed by atoms with Gasteiger partial charge >= 0.3 is 5.97 Å². The highest BCUT2D eigenvalue weighted by atomic mass is 16.5. The van der Waals surface area contributed by atoms with Gasteiger partial charge in [0.1, 0.15) is 0 Å². The lowest BCUT2D eigenvalue weighted by Crippen LogP contribution is -2.38. The average Bonchev–Trinajstić information content (AvgIpc) is 2.62. The van der Waals surface area contributed by atoms with Crippen LogP contribution in [0, 0.1) is 5.41 Å². The molecular weight excluding hydrogens is 156 g/mol. The van der Waals surface area contributed by atoms with E-state index in [1.165, 1.54) is 7.11 Å². The van der Waals surface area contributed by atoms with Gasteiger partial charge in [0.15, 0.2) is 0 Å². The molecule has 0 amide bonds. The Kier molecular flexibility index (Phi) is 1.65. The van der Waals surface area contributed by atoms with Crippen LogP contribution in [-0.2, 0) is 14.3 Å². The first kappa shape index (κ1) is 8.05. The van der Waals surface area contributed by atoms with Crippen molar-refractivity contribution < 1.29 is 14.3 Å². The van der Waals surface area contributed by atoms with Crippen molar-refractivity contribution in [3.63, 3.8) is 0 Å². The molecule has 0 unspecified atom stereocenters. The fourth-order valence-corrected chi connectivity index (χ4v) is 2.38. The molecule has 3 nitrogen and oxygen atoms in total. The van der Waals surface area contributed by atoms with Crippen LogP contribution in [0.1, 0.15) is 26.2 Å². The molecule has 2 fully saturated rings. The quantitative estimate of drug-likeness (QED) is 0.553. The highest BCUT2D eigenvalue weighted by Crippen LogP contribution is 2.47. The van der Waals surface area contributed by atoms with Gasteiger partial charge in [0.2, 0.25) is 0 Å². The lowest BCUT2D eigenvalue weighted by molar-refractivity contribution is -0.154. The fraction of sp³-hybridized carbons (Fsp3) is 0.889. The molecule has 2 rings (SSSR count). The zero-order valence-corrected chi connectivity index (χ0v) is 7.50. The molecular formula is C9H14O3. The van der Waals surface area contributed by atoms with Gasteiger partial charge < -0.3 is 9.47 Å². The summed E-state index contributed by atoms with van der Waals surface area (Å²) in [6.45, 7) is 1.95. The normalized spacial score (nSPS) is 44.8. The number of fused-ring (bicyclic) bond motifs is 2. The van der Waals surface area contributed by atoms with Crippen LogP contribution in [0.5, 0.6) is 0 Å². The van der Waals surface area contributed by atoms with Gasteiger partial charge in [0, 0.05) is 0 Å². The molecule has 0 aromatic carbocycles. The molecule has 2 bridgehead atoms. The summed E-state index contributed by atoms with van der Waals surface area (Å²) in [5, 5.41) is 0. The van der Waals surface area contributed by atoms with Crippen LogP contribution in [0.25, 0.3) is 0 Å². The van der Waals surface area contributed by atoms with Crippen LogP contribution >= 0.6 is 0 Å². The summed E-state index contributed by atoms with van der Waals surface area (Å²) in [4.78, 5) is 11.4. The molecule has 2 heterocycles. The first-order valence-corrected chi connectivity index (χ1v) is 4.40. The third-order valence-corrected chi connectivity index (χ3v) is 3.12. The molecule has 0 aliphatic carbocycles. The number of carbonyl (C=O) groups excluding carboxylic acids is 1. The maximum absolute atomic E-state index is 11.4. The molecule has 0 saturated carbocycles. The van der Waals surface area contributed by atoms with Crippen molar-refractivity contribution in [2.45, 2.75) is 38.4 Å². The fourth-order valence-electron chi connectivity index (χ4n) is 2.38. The first-order chi connectivity index (χ1) is 5.66. The highest BCUT2D eigenvalue weighted by Gasteiger charge is 2.54.